The van der Waals surface area contributed by atoms with E-state index in [1.807, 2.05) is 0 Å². The summed E-state index contributed by atoms with van der Waals surface area (Å²) in [7, 11) is 0. The highest BCUT2D eigenvalue weighted by molar-refractivity contribution is 4.88. The van der Waals surface area contributed by atoms with E-state index >= 15 is 0 Å². The summed E-state index contributed by atoms with van der Waals surface area (Å²) in [6.45, 7) is 14.6. The van der Waals surface area contributed by atoms with Crippen molar-refractivity contribution in [1.82, 2.24) is 15.1 Å². The highest BCUT2D eigenvalue weighted by Gasteiger charge is 2.32. The Labute approximate surface area is 126 Å². The third-order valence-corrected chi connectivity index (χ3v) is 4.92. The number of rotatable bonds is 7. The van der Waals surface area contributed by atoms with E-state index in [9.17, 15) is 0 Å². The van der Waals surface area contributed by atoms with Gasteiger partial charge in [0.05, 0.1) is 0 Å². The second-order valence-electron chi connectivity index (χ2n) is 7.29. The van der Waals surface area contributed by atoms with E-state index in [1.54, 1.807) is 0 Å². The fourth-order valence-electron chi connectivity index (χ4n) is 3.68. The summed E-state index contributed by atoms with van der Waals surface area (Å²) in [5.74, 6) is 0.773. The molecule has 0 aromatic carbocycles. The minimum atomic E-state index is 0.757. The Balaban J connectivity index is 1.60. The maximum absolute atomic E-state index is 3.55. The van der Waals surface area contributed by atoms with Crippen LogP contribution >= 0.6 is 0 Å². The minimum Gasteiger partial charge on any atom is -0.316 e. The fraction of sp³-hybridized carbons (Fsp3) is 1.00. The molecule has 3 heteroatoms. The lowest BCUT2D eigenvalue weighted by atomic mass is 9.97. The third-order valence-electron chi connectivity index (χ3n) is 4.92. The SMILES string of the molecule is CC(C)CNCCCCN1CC2CCCCN2CC1C. The number of fused-ring (bicyclic) bond motifs is 1. The summed E-state index contributed by atoms with van der Waals surface area (Å²) in [5.41, 5.74) is 0. The molecule has 1 N–H and O–H groups in total. The highest BCUT2D eigenvalue weighted by Crippen LogP contribution is 2.24. The summed E-state index contributed by atoms with van der Waals surface area (Å²) < 4.78 is 0. The Hall–Kier alpha value is -0.120. The Morgan fingerprint density at radius 2 is 2.00 bits per heavy atom. The molecular formula is C17H35N3. The molecule has 2 aliphatic rings. The normalized spacial score (nSPS) is 28.8. The molecule has 0 radical (unpaired) electrons. The molecule has 2 saturated heterocycles. The molecule has 2 unspecified atom stereocenters. The molecule has 0 aromatic heterocycles. The van der Waals surface area contributed by atoms with E-state index in [-0.39, 0.29) is 0 Å². The molecular weight excluding hydrogens is 246 g/mol. The molecule has 20 heavy (non-hydrogen) atoms. The van der Waals surface area contributed by atoms with Crippen LogP contribution in [0.15, 0.2) is 0 Å². The number of hydrogen-bond acceptors (Lipinski definition) is 3. The van der Waals surface area contributed by atoms with Gasteiger partial charge in [-0.25, -0.2) is 0 Å². The van der Waals surface area contributed by atoms with Crippen LogP contribution in [-0.2, 0) is 0 Å². The van der Waals surface area contributed by atoms with Crippen molar-refractivity contribution in [2.24, 2.45) is 5.92 Å². The third kappa shape index (κ3) is 5.01. The van der Waals surface area contributed by atoms with Crippen molar-refractivity contribution >= 4 is 0 Å². The first-order valence-electron chi connectivity index (χ1n) is 8.85. The van der Waals surface area contributed by atoms with Gasteiger partial charge in [-0.05, 0) is 64.7 Å². The summed E-state index contributed by atoms with van der Waals surface area (Å²) in [6.07, 6.45) is 6.97. The van der Waals surface area contributed by atoms with Crippen molar-refractivity contribution in [2.45, 2.75) is 65.0 Å². The average molecular weight is 281 g/mol. The van der Waals surface area contributed by atoms with Crippen molar-refractivity contribution in [2.75, 3.05) is 39.3 Å². The maximum atomic E-state index is 3.55. The summed E-state index contributed by atoms with van der Waals surface area (Å²) in [4.78, 5) is 5.49. The fourth-order valence-corrected chi connectivity index (χ4v) is 3.68. The zero-order valence-electron chi connectivity index (χ0n) is 13.9. The van der Waals surface area contributed by atoms with Crippen LogP contribution in [0.3, 0.4) is 0 Å². The predicted molar refractivity (Wildman–Crippen MR) is 87.2 cm³/mol. The van der Waals surface area contributed by atoms with E-state index < -0.39 is 0 Å². The topological polar surface area (TPSA) is 18.5 Å². The molecule has 0 amide bonds. The van der Waals surface area contributed by atoms with Gasteiger partial charge in [0.25, 0.3) is 0 Å². The minimum absolute atomic E-state index is 0.757. The molecule has 118 valence electrons. The number of nitrogens with one attached hydrogen (secondary N) is 1. The van der Waals surface area contributed by atoms with E-state index in [4.69, 9.17) is 0 Å². The molecule has 0 saturated carbocycles. The quantitative estimate of drug-likeness (QED) is 0.724. The summed E-state index contributed by atoms with van der Waals surface area (Å²) >= 11 is 0. The Morgan fingerprint density at radius 1 is 1.15 bits per heavy atom. The lowest BCUT2D eigenvalue weighted by molar-refractivity contribution is 0.0147. The smallest absolute Gasteiger partial charge is 0.0223 e. The highest BCUT2D eigenvalue weighted by atomic mass is 15.3. The first-order chi connectivity index (χ1) is 9.66. The second kappa shape index (κ2) is 8.35. The molecule has 2 fully saturated rings. The molecule has 3 nitrogen and oxygen atoms in total. The summed E-state index contributed by atoms with van der Waals surface area (Å²) in [6, 6.07) is 1.62. The van der Waals surface area contributed by atoms with E-state index in [2.05, 4.69) is 35.9 Å². The first-order valence-corrected chi connectivity index (χ1v) is 8.85. The zero-order chi connectivity index (χ0) is 14.4. The van der Waals surface area contributed by atoms with Crippen LogP contribution in [0.1, 0.15) is 52.9 Å². The lowest BCUT2D eigenvalue weighted by Crippen LogP contribution is -2.58. The van der Waals surface area contributed by atoms with Crippen molar-refractivity contribution in [3.05, 3.63) is 0 Å². The van der Waals surface area contributed by atoms with Gasteiger partial charge < -0.3 is 5.32 Å². The predicted octanol–water partition coefficient (Wildman–Crippen LogP) is 2.57. The Morgan fingerprint density at radius 3 is 2.80 bits per heavy atom. The van der Waals surface area contributed by atoms with Gasteiger partial charge in [0.2, 0.25) is 0 Å². The number of unbranched alkanes of at least 4 members (excludes halogenated alkanes) is 1. The average Bonchev–Trinajstić information content (AvgIpc) is 2.42. The van der Waals surface area contributed by atoms with E-state index in [0.29, 0.717) is 0 Å². The van der Waals surface area contributed by atoms with Crippen LogP contribution in [-0.4, -0.2) is 61.2 Å². The van der Waals surface area contributed by atoms with Crippen LogP contribution < -0.4 is 5.32 Å². The van der Waals surface area contributed by atoms with Gasteiger partial charge in [0.1, 0.15) is 0 Å². The Kier molecular flexibility index (Phi) is 6.79. The number of hydrogen-bond donors (Lipinski definition) is 1. The van der Waals surface area contributed by atoms with Crippen LogP contribution in [0, 0.1) is 5.92 Å². The van der Waals surface area contributed by atoms with Crippen LogP contribution in [0.25, 0.3) is 0 Å². The van der Waals surface area contributed by atoms with Gasteiger partial charge in [0, 0.05) is 25.2 Å². The maximum Gasteiger partial charge on any atom is 0.0223 e. The number of nitrogens with zero attached hydrogens (tertiary/aromatic N) is 2. The van der Waals surface area contributed by atoms with Crippen LogP contribution in [0.2, 0.25) is 0 Å². The lowest BCUT2D eigenvalue weighted by Gasteiger charge is -2.47. The van der Waals surface area contributed by atoms with Crippen molar-refractivity contribution < 1.29 is 0 Å². The summed E-state index contributed by atoms with van der Waals surface area (Å²) in [5, 5.41) is 3.55. The molecule has 0 aromatic rings. The first kappa shape index (κ1) is 16.3. The van der Waals surface area contributed by atoms with E-state index in [1.165, 1.54) is 64.8 Å². The van der Waals surface area contributed by atoms with E-state index in [0.717, 1.165) is 24.5 Å². The van der Waals surface area contributed by atoms with Gasteiger partial charge in [-0.15, -0.1) is 0 Å². The van der Waals surface area contributed by atoms with Crippen molar-refractivity contribution in [3.63, 3.8) is 0 Å². The number of piperazine rings is 1. The molecule has 0 aliphatic carbocycles. The largest absolute Gasteiger partial charge is 0.316 e. The standard InChI is InChI=1S/C17H35N3/c1-15(2)12-18-9-5-7-10-19-14-17-8-4-6-11-20(17)13-16(19)3/h15-18H,4-14H2,1-3H3. The van der Waals surface area contributed by atoms with Crippen LogP contribution in [0.5, 0.6) is 0 Å². The van der Waals surface area contributed by atoms with Gasteiger partial charge in [-0.3, -0.25) is 9.80 Å². The van der Waals surface area contributed by atoms with Gasteiger partial charge >= 0.3 is 0 Å². The van der Waals surface area contributed by atoms with Gasteiger partial charge in [-0.1, -0.05) is 20.3 Å². The number of piperidine rings is 1. The molecule has 2 heterocycles. The van der Waals surface area contributed by atoms with Crippen molar-refractivity contribution in [1.29, 1.82) is 0 Å². The molecule has 2 rings (SSSR count). The Bertz CT molecular complexity index is 267. The van der Waals surface area contributed by atoms with Crippen molar-refractivity contribution in [3.8, 4) is 0 Å². The van der Waals surface area contributed by atoms with Gasteiger partial charge in [-0.2, -0.15) is 0 Å². The van der Waals surface area contributed by atoms with Gasteiger partial charge in [0.15, 0.2) is 0 Å². The molecule has 0 spiro atoms. The monoisotopic (exact) mass is 281 g/mol. The zero-order valence-corrected chi connectivity index (χ0v) is 13.9. The molecule has 2 aliphatic heterocycles. The molecule has 2 atom stereocenters. The second-order valence-corrected chi connectivity index (χ2v) is 7.29. The van der Waals surface area contributed by atoms with Crippen LogP contribution in [0.4, 0.5) is 0 Å². The molecule has 0 bridgehead atoms.